The fourth-order valence-electron chi connectivity index (χ4n) is 2.34. The number of primary amides is 1. The summed E-state index contributed by atoms with van der Waals surface area (Å²) < 4.78 is 0. The summed E-state index contributed by atoms with van der Waals surface area (Å²) in [5, 5.41) is 3.36. The van der Waals surface area contributed by atoms with E-state index in [9.17, 15) is 14.4 Å². The molecule has 1 aromatic heterocycles. The van der Waals surface area contributed by atoms with Crippen LogP contribution in [0.15, 0.2) is 66.7 Å². The van der Waals surface area contributed by atoms with Gasteiger partial charge in [0.15, 0.2) is 5.78 Å². The van der Waals surface area contributed by atoms with Crippen LogP contribution >= 0.6 is 0 Å². The van der Waals surface area contributed by atoms with Crippen LogP contribution in [-0.4, -0.2) is 22.6 Å². The van der Waals surface area contributed by atoms with E-state index in [2.05, 4.69) is 10.3 Å². The molecule has 0 aliphatic heterocycles. The Morgan fingerprint density at radius 3 is 2.38 bits per heavy atom. The number of hydrogen-bond acceptors (Lipinski definition) is 4. The van der Waals surface area contributed by atoms with Gasteiger partial charge in [-0.2, -0.15) is 0 Å². The maximum absolute atomic E-state index is 12.2. The van der Waals surface area contributed by atoms with Crippen LogP contribution in [0.4, 0.5) is 5.69 Å². The second kappa shape index (κ2) is 7.40. The van der Waals surface area contributed by atoms with Gasteiger partial charge in [0.25, 0.3) is 0 Å². The van der Waals surface area contributed by atoms with Crippen LogP contribution in [0, 0.1) is 0 Å². The molecule has 0 saturated heterocycles. The molecule has 3 aromatic rings. The van der Waals surface area contributed by atoms with Gasteiger partial charge in [-0.3, -0.25) is 14.4 Å². The highest BCUT2D eigenvalue weighted by Gasteiger charge is 2.09. The highest BCUT2D eigenvalue weighted by molar-refractivity contribution is 6.39. The zero-order valence-corrected chi connectivity index (χ0v) is 13.7. The lowest BCUT2D eigenvalue weighted by molar-refractivity contribution is -0.134. The average Bonchev–Trinajstić information content (AvgIpc) is 2.66. The van der Waals surface area contributed by atoms with Crippen LogP contribution in [0.2, 0.25) is 0 Å². The lowest BCUT2D eigenvalue weighted by Gasteiger charge is -2.03. The van der Waals surface area contributed by atoms with Gasteiger partial charge in [-0.1, -0.05) is 24.3 Å². The Balaban J connectivity index is 1.71. The number of nitrogens with two attached hydrogens (primary N) is 1. The summed E-state index contributed by atoms with van der Waals surface area (Å²) >= 11 is 0. The number of allylic oxidation sites excluding steroid dienone is 1. The molecule has 0 saturated carbocycles. The third kappa shape index (κ3) is 3.99. The number of pyridine rings is 1. The summed E-state index contributed by atoms with van der Waals surface area (Å²) in [6.45, 7) is 0. The number of fused-ring (bicyclic) bond motifs is 1. The molecule has 26 heavy (non-hydrogen) atoms. The van der Waals surface area contributed by atoms with Crippen molar-refractivity contribution in [3.8, 4) is 0 Å². The van der Waals surface area contributed by atoms with Gasteiger partial charge in [0.2, 0.25) is 0 Å². The molecule has 0 atom stereocenters. The standard InChI is InChI=1S/C20H15N3O3/c21-19(25)20(26)23-16-9-6-14(7-10-16)18(24)12-11-15-8-5-13-3-1-2-4-17(13)22-15/h1-12H,(H2,21,25)(H,23,26). The van der Waals surface area contributed by atoms with Crippen LogP contribution in [-0.2, 0) is 9.59 Å². The van der Waals surface area contributed by atoms with Crippen LogP contribution in [0.5, 0.6) is 0 Å². The number of aromatic nitrogens is 1. The molecule has 3 rings (SSSR count). The maximum atomic E-state index is 12.2. The molecule has 0 bridgehead atoms. The summed E-state index contributed by atoms with van der Waals surface area (Å²) in [7, 11) is 0. The number of amides is 2. The van der Waals surface area contributed by atoms with E-state index in [0.29, 0.717) is 16.9 Å². The molecule has 2 aromatic carbocycles. The second-order valence-electron chi connectivity index (χ2n) is 5.52. The lowest BCUT2D eigenvalue weighted by atomic mass is 10.1. The molecule has 6 heteroatoms. The van der Waals surface area contributed by atoms with E-state index >= 15 is 0 Å². The van der Waals surface area contributed by atoms with Crippen LogP contribution in [0.3, 0.4) is 0 Å². The number of ketones is 1. The predicted octanol–water partition coefficient (Wildman–Crippen LogP) is 2.55. The molecule has 0 aliphatic carbocycles. The number of carbonyl (C=O) groups excluding carboxylic acids is 3. The number of hydrogen-bond donors (Lipinski definition) is 2. The smallest absolute Gasteiger partial charge is 0.313 e. The molecule has 1 heterocycles. The Labute approximate surface area is 149 Å². The largest absolute Gasteiger partial charge is 0.361 e. The first-order chi connectivity index (χ1) is 12.5. The van der Waals surface area contributed by atoms with E-state index in [1.54, 1.807) is 18.2 Å². The van der Waals surface area contributed by atoms with Gasteiger partial charge in [-0.25, -0.2) is 4.98 Å². The van der Waals surface area contributed by atoms with Gasteiger partial charge < -0.3 is 11.1 Å². The predicted molar refractivity (Wildman–Crippen MR) is 99.4 cm³/mol. The van der Waals surface area contributed by atoms with Gasteiger partial charge in [-0.15, -0.1) is 0 Å². The first-order valence-corrected chi connectivity index (χ1v) is 7.82. The average molecular weight is 345 g/mol. The summed E-state index contributed by atoms with van der Waals surface area (Å²) in [5.74, 6) is -2.19. The SMILES string of the molecule is NC(=O)C(=O)Nc1ccc(C(=O)C=Cc2ccc3ccccc3n2)cc1. The number of nitrogens with one attached hydrogen (secondary N) is 1. The zero-order valence-electron chi connectivity index (χ0n) is 13.7. The Bertz CT molecular complexity index is 1020. The van der Waals surface area contributed by atoms with Crippen molar-refractivity contribution >= 4 is 40.3 Å². The summed E-state index contributed by atoms with van der Waals surface area (Å²) in [6.07, 6.45) is 3.09. The minimum Gasteiger partial charge on any atom is -0.361 e. The monoisotopic (exact) mass is 345 g/mol. The summed E-state index contributed by atoms with van der Waals surface area (Å²) in [4.78, 5) is 38.7. The molecule has 0 unspecified atom stereocenters. The molecular formula is C20H15N3O3. The molecule has 0 radical (unpaired) electrons. The summed E-state index contributed by atoms with van der Waals surface area (Å²) in [5.41, 5.74) is 7.24. The van der Waals surface area contributed by atoms with Crippen molar-refractivity contribution in [3.05, 3.63) is 78.0 Å². The first-order valence-electron chi connectivity index (χ1n) is 7.82. The maximum Gasteiger partial charge on any atom is 0.313 e. The Hall–Kier alpha value is -3.80. The van der Waals surface area contributed by atoms with Crippen molar-refractivity contribution < 1.29 is 14.4 Å². The van der Waals surface area contributed by atoms with Crippen molar-refractivity contribution in [2.45, 2.75) is 0 Å². The van der Waals surface area contributed by atoms with Crippen LogP contribution in [0.25, 0.3) is 17.0 Å². The van der Waals surface area contributed by atoms with Gasteiger partial charge in [0, 0.05) is 16.6 Å². The molecule has 0 spiro atoms. The summed E-state index contributed by atoms with van der Waals surface area (Å²) in [6, 6.07) is 17.7. The molecule has 128 valence electrons. The molecule has 2 amide bonds. The van der Waals surface area contributed by atoms with Gasteiger partial charge in [-0.05, 0) is 48.6 Å². The van der Waals surface area contributed by atoms with Gasteiger partial charge in [0.1, 0.15) is 0 Å². The lowest BCUT2D eigenvalue weighted by Crippen LogP contribution is -2.29. The van der Waals surface area contributed by atoms with Crippen molar-refractivity contribution in [1.29, 1.82) is 0 Å². The molecule has 6 nitrogen and oxygen atoms in total. The van der Waals surface area contributed by atoms with E-state index in [4.69, 9.17) is 5.73 Å². The Morgan fingerprint density at radius 2 is 1.65 bits per heavy atom. The fraction of sp³-hybridized carbons (Fsp3) is 0. The van der Waals surface area contributed by atoms with Crippen molar-refractivity contribution in [1.82, 2.24) is 4.98 Å². The minimum atomic E-state index is -1.07. The molecule has 0 fully saturated rings. The quantitative estimate of drug-likeness (QED) is 0.431. The number of benzene rings is 2. The molecular weight excluding hydrogens is 330 g/mol. The van der Waals surface area contributed by atoms with E-state index in [1.807, 2.05) is 36.4 Å². The van der Waals surface area contributed by atoms with Crippen molar-refractivity contribution in [3.63, 3.8) is 0 Å². The van der Waals surface area contributed by atoms with Crippen molar-refractivity contribution in [2.24, 2.45) is 5.73 Å². The first kappa shape index (κ1) is 17.0. The number of carbonyl (C=O) groups is 3. The minimum absolute atomic E-state index is 0.201. The second-order valence-corrected chi connectivity index (χ2v) is 5.52. The Morgan fingerprint density at radius 1 is 0.923 bits per heavy atom. The van der Waals surface area contributed by atoms with Crippen molar-refractivity contribution in [2.75, 3.05) is 5.32 Å². The molecule has 3 N–H and O–H groups in total. The highest BCUT2D eigenvalue weighted by Crippen LogP contribution is 2.14. The number of nitrogens with zero attached hydrogens (tertiary/aromatic N) is 1. The van der Waals surface area contributed by atoms with E-state index in [1.165, 1.54) is 18.2 Å². The Kier molecular flexibility index (Phi) is 4.85. The zero-order chi connectivity index (χ0) is 18.5. The van der Waals surface area contributed by atoms with Crippen LogP contribution in [0.1, 0.15) is 16.1 Å². The number of rotatable bonds is 4. The van der Waals surface area contributed by atoms with E-state index in [0.717, 1.165) is 10.9 Å². The van der Waals surface area contributed by atoms with Gasteiger partial charge in [0.05, 0.1) is 11.2 Å². The fourth-order valence-corrected chi connectivity index (χ4v) is 2.34. The molecule has 0 aliphatic rings. The number of para-hydroxylation sites is 1. The van der Waals surface area contributed by atoms with E-state index in [-0.39, 0.29) is 5.78 Å². The normalized spacial score (nSPS) is 10.8. The van der Waals surface area contributed by atoms with Crippen LogP contribution < -0.4 is 11.1 Å². The highest BCUT2D eigenvalue weighted by atomic mass is 16.2. The third-order valence-electron chi connectivity index (χ3n) is 3.68. The third-order valence-corrected chi connectivity index (χ3v) is 3.68. The van der Waals surface area contributed by atoms with E-state index < -0.39 is 11.8 Å². The number of anilines is 1. The topological polar surface area (TPSA) is 102 Å². The van der Waals surface area contributed by atoms with Gasteiger partial charge >= 0.3 is 11.8 Å².